The van der Waals surface area contributed by atoms with Crippen LogP contribution < -0.4 is 0 Å². The van der Waals surface area contributed by atoms with E-state index in [2.05, 4.69) is 158 Å². The maximum absolute atomic E-state index is 6.63. The van der Waals surface area contributed by atoms with E-state index < -0.39 is 0 Å². The summed E-state index contributed by atoms with van der Waals surface area (Å²) in [6, 6.07) is 44.4. The van der Waals surface area contributed by atoms with Crippen molar-refractivity contribution in [1.82, 2.24) is 15.0 Å². The van der Waals surface area contributed by atoms with Crippen LogP contribution in [0.25, 0.3) is 67.0 Å². The maximum atomic E-state index is 6.63. The van der Waals surface area contributed by atoms with Gasteiger partial charge >= 0.3 is 0 Å². The van der Waals surface area contributed by atoms with Crippen LogP contribution in [0.15, 0.2) is 126 Å². The Bertz CT molecular complexity index is 2630. The molecule has 0 amide bonds. The minimum absolute atomic E-state index is 0. The molecule has 0 fully saturated rings. The van der Waals surface area contributed by atoms with E-state index in [-0.39, 0.29) is 20.1 Å². The van der Waals surface area contributed by atoms with E-state index in [1.54, 1.807) is 0 Å². The van der Waals surface area contributed by atoms with Crippen molar-refractivity contribution in [2.45, 2.75) is 87.0 Å². The molecule has 4 nitrogen and oxygen atoms in total. The van der Waals surface area contributed by atoms with Crippen LogP contribution in [0.5, 0.6) is 0 Å². The summed E-state index contributed by atoms with van der Waals surface area (Å²) in [7, 11) is 0. The number of pyridine rings is 3. The number of nitrogens with zero attached hydrogens (tertiary/aromatic N) is 3. The van der Waals surface area contributed by atoms with E-state index >= 15 is 0 Å². The molecule has 8 rings (SSSR count). The number of rotatable bonds is 9. The third-order valence-electron chi connectivity index (χ3n) is 11.2. The molecule has 0 atom stereocenters. The number of benzene rings is 4. The fourth-order valence-electron chi connectivity index (χ4n) is 8.54. The molecule has 4 heterocycles. The SMILES string of the molecule is Cc1cc(-c2[c-]ccc3c2oc2nc(-c4c(C(C)C)ccc(-c5ccccc5)c4C(C)C)ccc23)ncc1C(C(C)C)C(C)C.Cc1ccc(-c2[c-]cccc2)nc1.[Ir]. The van der Waals surface area contributed by atoms with E-state index in [0.29, 0.717) is 35.3 Å². The first kappa shape index (κ1) is 43.4. The van der Waals surface area contributed by atoms with Gasteiger partial charge in [0.05, 0.1) is 11.3 Å². The molecule has 4 aromatic carbocycles. The summed E-state index contributed by atoms with van der Waals surface area (Å²) in [4.78, 5) is 14.5. The molecule has 0 aliphatic carbocycles. The van der Waals surface area contributed by atoms with Gasteiger partial charge in [0.1, 0.15) is 0 Å². The predicted molar refractivity (Wildman–Crippen MR) is 243 cm³/mol. The second-order valence-electron chi connectivity index (χ2n) is 16.9. The first-order chi connectivity index (χ1) is 27.9. The van der Waals surface area contributed by atoms with Crippen LogP contribution >= 0.6 is 0 Å². The van der Waals surface area contributed by atoms with Crippen molar-refractivity contribution in [2.75, 3.05) is 0 Å². The number of aromatic nitrogens is 3. The number of furan rings is 1. The van der Waals surface area contributed by atoms with E-state index in [1.807, 2.05) is 49.5 Å². The second kappa shape index (κ2) is 18.8. The summed E-state index contributed by atoms with van der Waals surface area (Å²) in [6.07, 6.45) is 3.94. The van der Waals surface area contributed by atoms with Crippen LogP contribution in [0, 0.1) is 37.8 Å². The zero-order valence-electron chi connectivity index (χ0n) is 36.0. The first-order valence-electron chi connectivity index (χ1n) is 20.8. The van der Waals surface area contributed by atoms with Gasteiger partial charge in [-0.05, 0) is 100 Å². The fraction of sp³-hybridized carbons (Fsp3) is 0.278. The molecule has 0 unspecified atom stereocenters. The molecular formula is C54H55IrN3O-2. The summed E-state index contributed by atoms with van der Waals surface area (Å²) < 4.78 is 6.63. The topological polar surface area (TPSA) is 51.8 Å². The van der Waals surface area contributed by atoms with Gasteiger partial charge in [0.15, 0.2) is 0 Å². The molecule has 0 spiro atoms. The smallest absolute Gasteiger partial charge is 0.216 e. The van der Waals surface area contributed by atoms with Gasteiger partial charge in [0, 0.05) is 43.4 Å². The first-order valence-corrected chi connectivity index (χ1v) is 20.8. The Labute approximate surface area is 364 Å². The molecule has 0 aliphatic rings. The van der Waals surface area contributed by atoms with E-state index in [9.17, 15) is 0 Å². The average Bonchev–Trinajstić information content (AvgIpc) is 3.60. The molecule has 4 aromatic heterocycles. The van der Waals surface area contributed by atoms with Crippen LogP contribution in [0.1, 0.15) is 101 Å². The molecular weight excluding hydrogens is 899 g/mol. The summed E-state index contributed by atoms with van der Waals surface area (Å²) in [5, 5.41) is 2.04. The van der Waals surface area contributed by atoms with Gasteiger partial charge in [-0.15, -0.1) is 54.1 Å². The number of hydrogen-bond donors (Lipinski definition) is 0. The summed E-state index contributed by atoms with van der Waals surface area (Å²) in [5.41, 5.74) is 16.3. The van der Waals surface area contributed by atoms with Gasteiger partial charge in [-0.25, -0.2) is 4.98 Å². The third kappa shape index (κ3) is 9.18. The Morgan fingerprint density at radius 1 is 0.593 bits per heavy atom. The van der Waals surface area contributed by atoms with Gasteiger partial charge in [-0.3, -0.25) is 0 Å². The van der Waals surface area contributed by atoms with Gasteiger partial charge < -0.3 is 14.4 Å². The van der Waals surface area contributed by atoms with E-state index in [0.717, 1.165) is 44.6 Å². The van der Waals surface area contributed by atoms with Crippen molar-refractivity contribution >= 4 is 22.1 Å². The quantitative estimate of drug-likeness (QED) is 0.135. The minimum atomic E-state index is 0. The van der Waals surface area contributed by atoms with Gasteiger partial charge in [-0.1, -0.05) is 133 Å². The van der Waals surface area contributed by atoms with Crippen LogP contribution in [0.2, 0.25) is 0 Å². The Hall–Kier alpha value is -5.22. The molecule has 8 aromatic rings. The monoisotopic (exact) mass is 954 g/mol. The maximum Gasteiger partial charge on any atom is 0.216 e. The molecule has 0 saturated carbocycles. The zero-order chi connectivity index (χ0) is 41.1. The molecule has 5 heteroatoms. The Morgan fingerprint density at radius 2 is 1.31 bits per heavy atom. The zero-order valence-corrected chi connectivity index (χ0v) is 38.4. The molecule has 0 aliphatic heterocycles. The van der Waals surface area contributed by atoms with Gasteiger partial charge in [0.25, 0.3) is 0 Å². The largest absolute Gasteiger partial charge is 0.486 e. The van der Waals surface area contributed by atoms with Gasteiger partial charge in [0.2, 0.25) is 5.71 Å². The second-order valence-corrected chi connectivity index (χ2v) is 16.9. The van der Waals surface area contributed by atoms with Crippen LogP contribution in [-0.2, 0) is 20.1 Å². The summed E-state index contributed by atoms with van der Waals surface area (Å²) >= 11 is 0. The summed E-state index contributed by atoms with van der Waals surface area (Å²) in [5.74, 6) is 2.21. The fourth-order valence-corrected chi connectivity index (χ4v) is 8.54. The predicted octanol–water partition coefficient (Wildman–Crippen LogP) is 15.0. The summed E-state index contributed by atoms with van der Waals surface area (Å²) in [6.45, 7) is 22.5. The van der Waals surface area contributed by atoms with Gasteiger partial charge in [-0.2, -0.15) is 0 Å². The van der Waals surface area contributed by atoms with Crippen molar-refractivity contribution in [3.8, 4) is 44.9 Å². The van der Waals surface area contributed by atoms with Crippen LogP contribution in [0.3, 0.4) is 0 Å². The van der Waals surface area contributed by atoms with Crippen molar-refractivity contribution < 1.29 is 24.5 Å². The number of hydrogen-bond acceptors (Lipinski definition) is 4. The van der Waals surface area contributed by atoms with Crippen molar-refractivity contribution in [1.29, 1.82) is 0 Å². The molecule has 0 saturated heterocycles. The number of aryl methyl sites for hydroxylation is 2. The normalized spacial score (nSPS) is 11.5. The Balaban J connectivity index is 0.000000354. The van der Waals surface area contributed by atoms with Crippen LogP contribution in [0.4, 0.5) is 0 Å². The Morgan fingerprint density at radius 3 is 1.93 bits per heavy atom. The molecule has 59 heavy (non-hydrogen) atoms. The minimum Gasteiger partial charge on any atom is -0.486 e. The van der Waals surface area contributed by atoms with Crippen molar-refractivity contribution in [3.63, 3.8) is 0 Å². The van der Waals surface area contributed by atoms with Crippen molar-refractivity contribution in [3.05, 3.63) is 162 Å². The standard InChI is InChI=1S/C42H45N2O.C12H10N.Ir/c1-24(2)30-18-19-31(29-14-11-10-12-15-29)39(27(7)8)40(30)36-21-20-33-32-16-13-17-34(41(32)45-42(33)44-36)37-22-28(9)35(23-43-37)38(25(3)4)26(5)6;1-10-7-8-12(13-9-10)11-5-3-2-4-6-11;/h10-16,18-27,38H,1-9H3;2-5,7-9H,1H3;/q2*-1;. The molecule has 1 radical (unpaired) electrons. The van der Waals surface area contributed by atoms with Crippen molar-refractivity contribution in [2.24, 2.45) is 11.8 Å². The molecule has 303 valence electrons. The molecule has 0 bridgehead atoms. The third-order valence-corrected chi connectivity index (χ3v) is 11.2. The average molecular weight is 954 g/mol. The Kier molecular flexibility index (Phi) is 13.8. The van der Waals surface area contributed by atoms with E-state index in [1.165, 1.54) is 44.5 Å². The molecule has 0 N–H and O–H groups in total. The van der Waals surface area contributed by atoms with E-state index in [4.69, 9.17) is 14.4 Å². The number of fused-ring (bicyclic) bond motifs is 3. The van der Waals surface area contributed by atoms with Crippen LogP contribution in [-0.4, -0.2) is 15.0 Å².